The molecule has 0 unspecified atom stereocenters. The summed E-state index contributed by atoms with van der Waals surface area (Å²) in [6.07, 6.45) is -16.0. The highest BCUT2D eigenvalue weighted by molar-refractivity contribution is 5.84. The Morgan fingerprint density at radius 2 is 1.08 bits per heavy atom. The summed E-state index contributed by atoms with van der Waals surface area (Å²) in [5.74, 6) is -9.38. The molecule has 0 aliphatic carbocycles. The van der Waals surface area contributed by atoms with Gasteiger partial charge in [-0.2, -0.15) is 26.3 Å². The fraction of sp³-hybridized carbons (Fsp3) is 0.889. The number of azide groups is 1. The molecule has 420 valence electrons. The second-order valence-corrected chi connectivity index (χ2v) is 19.8. The highest BCUT2D eigenvalue weighted by Gasteiger charge is 2.68. The van der Waals surface area contributed by atoms with Crippen LogP contribution in [0.4, 0.5) is 26.3 Å². The second-order valence-electron chi connectivity index (χ2n) is 19.8. The van der Waals surface area contributed by atoms with Gasteiger partial charge < -0.3 is 72.8 Å². The van der Waals surface area contributed by atoms with Crippen LogP contribution in [0.25, 0.3) is 10.4 Å². The highest BCUT2D eigenvalue weighted by Crippen LogP contribution is 2.52. The number of rotatable bonds is 31. The average Bonchev–Trinajstić information content (AvgIpc) is 4.08. The molecule has 0 radical (unpaired) electrons. The van der Waals surface area contributed by atoms with Crippen molar-refractivity contribution in [3.63, 3.8) is 0 Å². The SMILES string of the molecule is CC1(C)O[C@@H]2[C@@H](CC(=O)C(F)(F)F)[C@H]3OC[C@](COCCNC(=O)CCOCC(COCCC(=O)NCCOC[C@@]45CO[C@@H](O4)[C@H](CC(=O)C(F)(F)F)[C@H]4OC(C)(C)O[C@H]45)NC(=O)CCCCCN=[N+]=[N-])(O3)[C@@H]2O1. The monoisotopic (exact) mass is 1080 g/mol. The maximum Gasteiger partial charge on any atom is 0.449 e. The van der Waals surface area contributed by atoms with Crippen molar-refractivity contribution >= 4 is 29.3 Å². The molecular weight excluding hydrogens is 1010 g/mol. The summed E-state index contributed by atoms with van der Waals surface area (Å²) >= 11 is 0. The van der Waals surface area contributed by atoms with Gasteiger partial charge in [-0.05, 0) is 46.1 Å². The normalized spacial score (nSPS) is 30.7. The number of nitrogens with zero attached hydrogens (tertiary/aromatic N) is 3. The lowest BCUT2D eigenvalue weighted by Crippen LogP contribution is -2.60. The minimum atomic E-state index is -5.04. The van der Waals surface area contributed by atoms with Gasteiger partial charge in [0, 0.05) is 68.5 Å². The number of amides is 3. The van der Waals surface area contributed by atoms with Crippen LogP contribution in [0, 0.1) is 11.8 Å². The molecular formula is C45H66F6N6O17. The van der Waals surface area contributed by atoms with E-state index in [2.05, 4.69) is 26.0 Å². The molecule has 6 rings (SSSR count). The minimum Gasteiger partial charge on any atom is -0.379 e. The number of hydrogen-bond acceptors (Lipinski definition) is 18. The van der Waals surface area contributed by atoms with Gasteiger partial charge >= 0.3 is 12.4 Å². The van der Waals surface area contributed by atoms with Crippen molar-refractivity contribution in [2.75, 3.05) is 85.7 Å². The molecule has 6 aliphatic heterocycles. The van der Waals surface area contributed by atoms with E-state index in [0.29, 0.717) is 25.8 Å². The summed E-state index contributed by atoms with van der Waals surface area (Å²) in [7, 11) is 0. The van der Waals surface area contributed by atoms with Gasteiger partial charge in [-0.25, -0.2) is 0 Å². The summed E-state index contributed by atoms with van der Waals surface area (Å²) in [5, 5.41) is 11.7. The number of carbonyl (C=O) groups is 5. The molecule has 6 aliphatic rings. The number of halogens is 6. The zero-order valence-corrected chi connectivity index (χ0v) is 41.6. The van der Waals surface area contributed by atoms with Crippen molar-refractivity contribution < 1.29 is 107 Å². The van der Waals surface area contributed by atoms with Crippen molar-refractivity contribution in [2.24, 2.45) is 17.0 Å². The van der Waals surface area contributed by atoms with Gasteiger partial charge in [-0.15, -0.1) is 0 Å². The third kappa shape index (κ3) is 16.1. The van der Waals surface area contributed by atoms with E-state index in [1.165, 1.54) is 0 Å². The van der Waals surface area contributed by atoms with Gasteiger partial charge in [0.25, 0.3) is 0 Å². The summed E-state index contributed by atoms with van der Waals surface area (Å²) in [6.45, 7) is 6.40. The molecule has 74 heavy (non-hydrogen) atoms. The number of fused-ring (bicyclic) bond motifs is 8. The van der Waals surface area contributed by atoms with E-state index in [1.54, 1.807) is 27.7 Å². The van der Waals surface area contributed by atoms with Gasteiger partial charge in [-0.3, -0.25) is 24.0 Å². The Kier molecular flexibility index (Phi) is 20.5. The lowest BCUT2D eigenvalue weighted by atomic mass is 9.82. The maximum absolute atomic E-state index is 13.1. The summed E-state index contributed by atoms with van der Waals surface area (Å²) in [6, 6.07) is -0.653. The first-order valence-electron chi connectivity index (χ1n) is 24.5. The Balaban J connectivity index is 0.867. The first kappa shape index (κ1) is 59.4. The zero-order valence-electron chi connectivity index (χ0n) is 41.6. The Morgan fingerprint density at radius 1 is 0.622 bits per heavy atom. The Bertz CT molecular complexity index is 1880. The third-order valence-corrected chi connectivity index (χ3v) is 13.0. The Hall–Kier alpha value is -3.84. The van der Waals surface area contributed by atoms with Crippen LogP contribution >= 0.6 is 0 Å². The number of alkyl halides is 6. The van der Waals surface area contributed by atoms with Crippen LogP contribution in [0.15, 0.2) is 5.11 Å². The molecule has 6 heterocycles. The van der Waals surface area contributed by atoms with Gasteiger partial charge in [0.05, 0.1) is 84.3 Å². The van der Waals surface area contributed by atoms with Crippen molar-refractivity contribution in [2.45, 2.75) is 157 Å². The van der Waals surface area contributed by atoms with E-state index in [0.717, 1.165) is 0 Å². The van der Waals surface area contributed by atoms with Crippen molar-refractivity contribution in [3.8, 4) is 0 Å². The van der Waals surface area contributed by atoms with Crippen LogP contribution in [-0.2, 0) is 80.8 Å². The van der Waals surface area contributed by atoms with E-state index in [-0.39, 0.29) is 116 Å². The standard InChI is InChI=1S/C45H66F6N6O17/c1-40(2)69-34-27(18-29(58)44(46,47)48)38-67-24-42(73-38,36(34)71-40)22-65-16-12-53-31(60)9-14-63-20-26(56-33(62)8-6-5-7-11-55-57-52)21-64-15-10-32(61)54-13-17-66-23-43-25-68-39(74-43)28(19-30(59)45(49,50)51)35-37(43)72-41(3,4)70-35/h26-28,34-39H,5-25H2,1-4H3,(H,53,60)(H,54,61)(H,56,62)/t27-,28-,34-,35-,36-,37-,38+,39+,42+,43+/m1/s1. The number of carbonyl (C=O) groups excluding carboxylic acids is 5. The maximum atomic E-state index is 13.1. The number of nitrogens with one attached hydrogen (secondary N) is 3. The average molecular weight is 1080 g/mol. The zero-order chi connectivity index (χ0) is 54.0. The van der Waals surface area contributed by atoms with E-state index in [4.69, 9.17) is 62.4 Å². The van der Waals surface area contributed by atoms with Crippen LogP contribution in [0.3, 0.4) is 0 Å². The first-order valence-corrected chi connectivity index (χ1v) is 24.5. The topological polar surface area (TPSA) is 281 Å². The van der Waals surface area contributed by atoms with Gasteiger partial charge in [0.15, 0.2) is 24.2 Å². The molecule has 4 bridgehead atoms. The van der Waals surface area contributed by atoms with Gasteiger partial charge in [-0.1, -0.05) is 11.5 Å². The van der Waals surface area contributed by atoms with Gasteiger partial charge in [0.2, 0.25) is 29.3 Å². The quantitative estimate of drug-likeness (QED) is 0.0296. The molecule has 6 fully saturated rings. The fourth-order valence-corrected chi connectivity index (χ4v) is 9.59. The Labute approximate surface area is 422 Å². The molecule has 0 aromatic carbocycles. The predicted octanol–water partition coefficient (Wildman–Crippen LogP) is 2.99. The van der Waals surface area contributed by atoms with E-state index >= 15 is 0 Å². The largest absolute Gasteiger partial charge is 0.449 e. The molecule has 6 saturated heterocycles. The number of unbranched alkanes of at least 4 members (excludes halogenated alkanes) is 2. The van der Waals surface area contributed by atoms with E-state index < -0.39 is 114 Å². The van der Waals surface area contributed by atoms with Gasteiger partial charge in [0.1, 0.15) is 23.4 Å². The first-order chi connectivity index (χ1) is 34.9. The van der Waals surface area contributed by atoms with Crippen LogP contribution in [0.2, 0.25) is 0 Å². The molecule has 23 nitrogen and oxygen atoms in total. The highest BCUT2D eigenvalue weighted by atomic mass is 19.4. The predicted molar refractivity (Wildman–Crippen MR) is 236 cm³/mol. The fourth-order valence-electron chi connectivity index (χ4n) is 9.59. The summed E-state index contributed by atoms with van der Waals surface area (Å²) in [4.78, 5) is 64.5. The molecule has 29 heteroatoms. The van der Waals surface area contributed by atoms with Crippen LogP contribution < -0.4 is 16.0 Å². The second kappa shape index (κ2) is 25.5. The van der Waals surface area contributed by atoms with Crippen molar-refractivity contribution in [1.29, 1.82) is 0 Å². The number of ketones is 2. The van der Waals surface area contributed by atoms with Crippen LogP contribution in [0.1, 0.15) is 79.1 Å². The summed E-state index contributed by atoms with van der Waals surface area (Å²) < 4.78 is 149. The smallest absolute Gasteiger partial charge is 0.379 e. The van der Waals surface area contributed by atoms with Crippen LogP contribution in [-0.4, -0.2) is 193 Å². The molecule has 3 N–H and O–H groups in total. The number of Topliss-reactive ketones (excluding diaryl/α,β-unsaturated/α-hetero) is 2. The van der Waals surface area contributed by atoms with E-state index in [9.17, 15) is 50.3 Å². The molecule has 10 atom stereocenters. The van der Waals surface area contributed by atoms with Crippen LogP contribution in [0.5, 0.6) is 0 Å². The van der Waals surface area contributed by atoms with E-state index in [1.807, 2.05) is 0 Å². The van der Waals surface area contributed by atoms with Crippen molar-refractivity contribution in [3.05, 3.63) is 10.4 Å². The third-order valence-electron chi connectivity index (χ3n) is 13.0. The lowest BCUT2D eigenvalue weighted by Gasteiger charge is -2.42. The molecule has 0 aromatic heterocycles. The molecule has 0 spiro atoms. The molecule has 3 amide bonds. The minimum absolute atomic E-state index is 0.0216. The number of ether oxygens (including phenoxy) is 12. The number of hydrogen-bond donors (Lipinski definition) is 3. The summed E-state index contributed by atoms with van der Waals surface area (Å²) in [5.41, 5.74) is 6.00. The molecule has 0 saturated carbocycles. The van der Waals surface area contributed by atoms with Crippen molar-refractivity contribution in [1.82, 2.24) is 16.0 Å². The lowest BCUT2D eigenvalue weighted by molar-refractivity contribution is -0.228. The Morgan fingerprint density at radius 3 is 1.51 bits per heavy atom. The molecule has 0 aromatic rings.